The molecule has 1 aromatic heterocycles. The number of thiazole rings is 1. The molecule has 2 N–H and O–H groups in total. The van der Waals surface area contributed by atoms with E-state index in [1.807, 2.05) is 36.4 Å². The van der Waals surface area contributed by atoms with Crippen molar-refractivity contribution < 1.29 is 13.2 Å². The normalized spacial score (nSPS) is 11.4. The molecule has 0 aliphatic heterocycles. The Balaban J connectivity index is 1.39. The highest BCUT2D eigenvalue weighted by atomic mass is 35.5. The number of sulfonamides is 1. The second kappa shape index (κ2) is 9.27. The SMILES string of the molecule is O=C(CSc1cccc2cccc(Cl)c12)Nc1ccc(S(=O)(=O)Nc2nccs2)cc1. The van der Waals surface area contributed by atoms with Gasteiger partial charge in [0.25, 0.3) is 10.0 Å². The molecule has 0 bridgehead atoms. The highest BCUT2D eigenvalue weighted by Gasteiger charge is 2.15. The molecular weight excluding hydrogens is 474 g/mol. The maximum Gasteiger partial charge on any atom is 0.263 e. The number of benzene rings is 3. The molecular formula is C21H16ClN3O3S3. The fraction of sp³-hybridized carbons (Fsp3) is 0.0476. The number of amides is 1. The van der Waals surface area contributed by atoms with Crippen LogP contribution in [0.2, 0.25) is 5.02 Å². The van der Waals surface area contributed by atoms with Gasteiger partial charge in [-0.25, -0.2) is 13.4 Å². The third-order valence-electron chi connectivity index (χ3n) is 4.28. The molecule has 158 valence electrons. The van der Waals surface area contributed by atoms with Gasteiger partial charge in [0.1, 0.15) is 0 Å². The van der Waals surface area contributed by atoms with Crippen molar-refractivity contribution in [3.8, 4) is 0 Å². The Morgan fingerprint density at radius 3 is 2.52 bits per heavy atom. The lowest BCUT2D eigenvalue weighted by Crippen LogP contribution is -2.15. The van der Waals surface area contributed by atoms with Crippen molar-refractivity contribution in [1.29, 1.82) is 0 Å². The molecule has 0 saturated heterocycles. The average molecular weight is 490 g/mol. The minimum absolute atomic E-state index is 0.0838. The second-order valence-corrected chi connectivity index (χ2v) is 10.4. The number of nitrogens with zero attached hydrogens (tertiary/aromatic N) is 1. The first kappa shape index (κ1) is 21.6. The Labute approximate surface area is 192 Å². The summed E-state index contributed by atoms with van der Waals surface area (Å²) in [6.45, 7) is 0. The van der Waals surface area contributed by atoms with Gasteiger partial charge in [-0.3, -0.25) is 9.52 Å². The molecule has 4 aromatic rings. The zero-order valence-corrected chi connectivity index (χ0v) is 19.1. The predicted octanol–water partition coefficient (Wildman–Crippen LogP) is 5.48. The van der Waals surface area contributed by atoms with Crippen molar-refractivity contribution in [2.24, 2.45) is 0 Å². The van der Waals surface area contributed by atoms with Gasteiger partial charge >= 0.3 is 0 Å². The Hall–Kier alpha value is -2.59. The van der Waals surface area contributed by atoms with E-state index in [2.05, 4.69) is 15.0 Å². The molecule has 0 spiro atoms. The van der Waals surface area contributed by atoms with Gasteiger partial charge < -0.3 is 5.32 Å². The van der Waals surface area contributed by atoms with Crippen LogP contribution in [-0.2, 0) is 14.8 Å². The van der Waals surface area contributed by atoms with Crippen LogP contribution in [0.1, 0.15) is 0 Å². The van der Waals surface area contributed by atoms with Crippen LogP contribution in [0.3, 0.4) is 0 Å². The zero-order chi connectivity index (χ0) is 21.8. The van der Waals surface area contributed by atoms with Gasteiger partial charge in [0.2, 0.25) is 5.91 Å². The Morgan fingerprint density at radius 2 is 1.81 bits per heavy atom. The second-order valence-electron chi connectivity index (χ2n) is 6.40. The summed E-state index contributed by atoms with van der Waals surface area (Å²) >= 11 is 8.92. The molecule has 3 aromatic carbocycles. The quantitative estimate of drug-likeness (QED) is 0.335. The van der Waals surface area contributed by atoms with Crippen molar-refractivity contribution in [2.45, 2.75) is 9.79 Å². The summed E-state index contributed by atoms with van der Waals surface area (Å²) in [4.78, 5) is 17.3. The number of hydrogen-bond donors (Lipinski definition) is 2. The molecule has 1 heterocycles. The van der Waals surface area contributed by atoms with E-state index in [4.69, 9.17) is 11.6 Å². The largest absolute Gasteiger partial charge is 0.325 e. The number of aromatic nitrogens is 1. The molecule has 10 heteroatoms. The van der Waals surface area contributed by atoms with Gasteiger partial charge in [0.15, 0.2) is 5.13 Å². The third-order valence-corrected chi connectivity index (χ3v) is 7.82. The summed E-state index contributed by atoms with van der Waals surface area (Å²) in [5.41, 5.74) is 0.509. The molecule has 0 saturated carbocycles. The van der Waals surface area contributed by atoms with Gasteiger partial charge in [-0.2, -0.15) is 0 Å². The predicted molar refractivity (Wildman–Crippen MR) is 128 cm³/mol. The topological polar surface area (TPSA) is 88.2 Å². The number of thioether (sulfide) groups is 1. The summed E-state index contributed by atoms with van der Waals surface area (Å²) in [7, 11) is -3.73. The molecule has 0 atom stereocenters. The Bertz CT molecular complexity index is 1320. The van der Waals surface area contributed by atoms with Crippen LogP contribution in [0, 0.1) is 0 Å². The highest BCUT2D eigenvalue weighted by molar-refractivity contribution is 8.00. The van der Waals surface area contributed by atoms with Crippen LogP contribution < -0.4 is 10.0 Å². The molecule has 0 fully saturated rings. The van der Waals surface area contributed by atoms with Crippen LogP contribution >= 0.6 is 34.7 Å². The maximum absolute atomic E-state index is 12.4. The number of hydrogen-bond acceptors (Lipinski definition) is 6. The van der Waals surface area contributed by atoms with Crippen LogP contribution in [0.5, 0.6) is 0 Å². The number of fused-ring (bicyclic) bond motifs is 1. The molecule has 4 rings (SSSR count). The fourth-order valence-corrected chi connectivity index (χ4v) is 5.92. The average Bonchev–Trinajstić information content (AvgIpc) is 3.25. The molecule has 0 aliphatic carbocycles. The summed E-state index contributed by atoms with van der Waals surface area (Å²) in [6, 6.07) is 17.5. The standard InChI is InChI=1S/C21H16ClN3O3S3/c22-17-5-1-3-14-4-2-6-18(20(14)17)30-13-19(26)24-15-7-9-16(10-8-15)31(27,28)25-21-23-11-12-29-21/h1-12H,13H2,(H,23,25)(H,24,26). The first-order valence-electron chi connectivity index (χ1n) is 9.05. The molecule has 0 aliphatic rings. The molecule has 31 heavy (non-hydrogen) atoms. The smallest absolute Gasteiger partial charge is 0.263 e. The molecule has 0 unspecified atom stereocenters. The van der Waals surface area contributed by atoms with Crippen LogP contribution in [0.25, 0.3) is 10.8 Å². The Kier molecular flexibility index (Phi) is 6.47. The van der Waals surface area contributed by atoms with E-state index < -0.39 is 10.0 Å². The summed E-state index contributed by atoms with van der Waals surface area (Å²) in [6.07, 6.45) is 1.52. The van der Waals surface area contributed by atoms with Crippen LogP contribution in [0.4, 0.5) is 10.8 Å². The van der Waals surface area contributed by atoms with Crippen molar-refractivity contribution >= 4 is 72.2 Å². The van der Waals surface area contributed by atoms with E-state index in [0.29, 0.717) is 15.8 Å². The van der Waals surface area contributed by atoms with Crippen molar-refractivity contribution in [2.75, 3.05) is 15.8 Å². The van der Waals surface area contributed by atoms with Gasteiger partial charge in [0, 0.05) is 32.6 Å². The monoisotopic (exact) mass is 489 g/mol. The van der Waals surface area contributed by atoms with Crippen LogP contribution in [-0.4, -0.2) is 25.1 Å². The van der Waals surface area contributed by atoms with E-state index in [0.717, 1.165) is 15.7 Å². The summed E-state index contributed by atoms with van der Waals surface area (Å²) in [5, 5.41) is 7.34. The summed E-state index contributed by atoms with van der Waals surface area (Å²) < 4.78 is 27.2. The number of anilines is 2. The van der Waals surface area contributed by atoms with Crippen LogP contribution in [0.15, 0.2) is 82.0 Å². The van der Waals surface area contributed by atoms with E-state index in [1.165, 1.54) is 41.4 Å². The molecule has 1 amide bonds. The number of carbonyl (C=O) groups is 1. The minimum Gasteiger partial charge on any atom is -0.325 e. The lowest BCUT2D eigenvalue weighted by Gasteiger charge is -2.09. The number of carbonyl (C=O) groups excluding carboxylic acids is 1. The van der Waals surface area contributed by atoms with Gasteiger partial charge in [-0.05, 0) is 41.8 Å². The zero-order valence-electron chi connectivity index (χ0n) is 15.9. The Morgan fingerprint density at radius 1 is 1.06 bits per heavy atom. The van der Waals surface area contributed by atoms with Gasteiger partial charge in [-0.15, -0.1) is 23.1 Å². The van der Waals surface area contributed by atoms with Crippen molar-refractivity contribution in [3.63, 3.8) is 0 Å². The maximum atomic E-state index is 12.4. The fourth-order valence-electron chi connectivity index (χ4n) is 2.89. The van der Waals surface area contributed by atoms with E-state index >= 15 is 0 Å². The summed E-state index contributed by atoms with van der Waals surface area (Å²) in [5.74, 6) is -0.0127. The highest BCUT2D eigenvalue weighted by Crippen LogP contribution is 2.33. The van der Waals surface area contributed by atoms with Gasteiger partial charge in [-0.1, -0.05) is 35.9 Å². The molecule has 6 nitrogen and oxygen atoms in total. The first-order valence-corrected chi connectivity index (χ1v) is 12.8. The van der Waals surface area contributed by atoms with E-state index in [-0.39, 0.29) is 16.6 Å². The number of rotatable bonds is 7. The first-order chi connectivity index (χ1) is 14.9. The van der Waals surface area contributed by atoms with Gasteiger partial charge in [0.05, 0.1) is 10.6 Å². The number of nitrogens with one attached hydrogen (secondary N) is 2. The lowest BCUT2D eigenvalue weighted by molar-refractivity contribution is -0.113. The minimum atomic E-state index is -3.73. The third kappa shape index (κ3) is 5.19. The lowest BCUT2D eigenvalue weighted by atomic mass is 10.1. The van der Waals surface area contributed by atoms with Crippen molar-refractivity contribution in [3.05, 3.63) is 77.3 Å². The van der Waals surface area contributed by atoms with Crippen molar-refractivity contribution in [1.82, 2.24) is 4.98 Å². The molecule has 0 radical (unpaired) electrons. The van der Waals surface area contributed by atoms with E-state index in [1.54, 1.807) is 17.5 Å². The number of halogens is 1. The van der Waals surface area contributed by atoms with E-state index in [9.17, 15) is 13.2 Å².